The number of alkyl carbamates (subject to hydrolysis) is 1. The summed E-state index contributed by atoms with van der Waals surface area (Å²) in [7, 11) is 0. The molecule has 0 unspecified atom stereocenters. The molecule has 1 heterocycles. The Balaban J connectivity index is 2.19. The fourth-order valence-electron chi connectivity index (χ4n) is 2.10. The van der Waals surface area contributed by atoms with Gasteiger partial charge in [-0.05, 0) is 20.8 Å². The van der Waals surface area contributed by atoms with Crippen LogP contribution < -0.4 is 5.32 Å². The van der Waals surface area contributed by atoms with Crippen LogP contribution in [0.4, 0.5) is 4.79 Å². The Kier molecular flexibility index (Phi) is 5.79. The van der Waals surface area contributed by atoms with Gasteiger partial charge in [0.15, 0.2) is 0 Å². The first-order chi connectivity index (χ1) is 8.26. The van der Waals surface area contributed by atoms with E-state index in [1.165, 1.54) is 0 Å². The van der Waals surface area contributed by atoms with Gasteiger partial charge < -0.3 is 10.1 Å². The van der Waals surface area contributed by atoms with Crippen molar-refractivity contribution in [3.8, 4) is 0 Å². The molecule has 0 aliphatic carbocycles. The van der Waals surface area contributed by atoms with Crippen molar-refractivity contribution in [3.63, 3.8) is 0 Å². The summed E-state index contributed by atoms with van der Waals surface area (Å²) in [5, 5.41) is 4.16. The molecule has 1 fully saturated rings. The Bertz CT molecular complexity index is 269. The molecule has 1 saturated heterocycles. The van der Waals surface area contributed by atoms with Gasteiger partial charge in [-0.25, -0.2) is 4.79 Å². The van der Waals surface area contributed by atoms with Crippen LogP contribution in [0.3, 0.4) is 0 Å². The Morgan fingerprint density at radius 2 is 1.89 bits per heavy atom. The van der Waals surface area contributed by atoms with Gasteiger partial charge in [0.25, 0.3) is 0 Å². The number of carbonyl (C=O) groups excluding carboxylic acids is 1. The number of rotatable bonds is 3. The van der Waals surface area contributed by atoms with Gasteiger partial charge in [-0.3, -0.25) is 4.90 Å². The second kappa shape index (κ2) is 6.66. The van der Waals surface area contributed by atoms with Crippen LogP contribution in [-0.4, -0.2) is 53.3 Å². The topological polar surface area (TPSA) is 41.6 Å². The fraction of sp³-hybridized carbons (Fsp3) is 0.923. The highest BCUT2D eigenvalue weighted by Gasteiger charge is 2.22. The molecule has 1 aliphatic heterocycles. The van der Waals surface area contributed by atoms with E-state index in [1.54, 1.807) is 0 Å². The molecule has 4 nitrogen and oxygen atoms in total. The zero-order chi connectivity index (χ0) is 13.8. The molecule has 1 amide bonds. The maximum atomic E-state index is 11.5. The minimum absolute atomic E-state index is 0.324. The highest BCUT2D eigenvalue weighted by molar-refractivity contribution is 8.00. The lowest BCUT2D eigenvalue weighted by atomic mass is 10.2. The van der Waals surface area contributed by atoms with Gasteiger partial charge in [0, 0.05) is 36.7 Å². The second-order valence-corrected chi connectivity index (χ2v) is 7.83. The summed E-state index contributed by atoms with van der Waals surface area (Å²) in [5.74, 6) is 0. The lowest BCUT2D eigenvalue weighted by molar-refractivity contribution is 0.0522. The van der Waals surface area contributed by atoms with E-state index in [1.807, 2.05) is 32.5 Å². The molecule has 0 radical (unpaired) electrons. The van der Waals surface area contributed by atoms with E-state index < -0.39 is 5.60 Å². The Hall–Kier alpha value is -0.420. The predicted molar refractivity (Wildman–Crippen MR) is 77.2 cm³/mol. The van der Waals surface area contributed by atoms with Gasteiger partial charge in [0.05, 0.1) is 0 Å². The van der Waals surface area contributed by atoms with Crippen LogP contribution in [0, 0.1) is 0 Å². The van der Waals surface area contributed by atoms with Crippen molar-refractivity contribution in [1.82, 2.24) is 10.2 Å². The molecule has 5 heteroatoms. The maximum Gasteiger partial charge on any atom is 0.407 e. The maximum absolute atomic E-state index is 11.5. The molecular formula is C13H26N2O2S. The van der Waals surface area contributed by atoms with E-state index >= 15 is 0 Å². The van der Waals surface area contributed by atoms with Crippen LogP contribution in [0.5, 0.6) is 0 Å². The molecule has 1 aliphatic rings. The number of hydrogen-bond acceptors (Lipinski definition) is 4. The van der Waals surface area contributed by atoms with E-state index in [2.05, 4.69) is 24.1 Å². The number of nitrogens with one attached hydrogen (secondary N) is 1. The molecule has 0 saturated carbocycles. The Morgan fingerprint density at radius 3 is 2.39 bits per heavy atom. The van der Waals surface area contributed by atoms with E-state index in [0.717, 1.165) is 19.6 Å². The summed E-state index contributed by atoms with van der Waals surface area (Å²) in [6, 6.07) is 0. The molecule has 2 atom stereocenters. The monoisotopic (exact) mass is 274 g/mol. The third-order valence-corrected chi connectivity index (χ3v) is 3.82. The summed E-state index contributed by atoms with van der Waals surface area (Å²) < 4.78 is 5.20. The summed E-state index contributed by atoms with van der Waals surface area (Å²) in [6.45, 7) is 13.9. The molecule has 0 aromatic rings. The van der Waals surface area contributed by atoms with Gasteiger partial charge in [0.2, 0.25) is 0 Å². The lowest BCUT2D eigenvalue weighted by Crippen LogP contribution is -2.44. The molecule has 106 valence electrons. The van der Waals surface area contributed by atoms with Crippen molar-refractivity contribution in [2.45, 2.75) is 50.7 Å². The summed E-state index contributed by atoms with van der Waals surface area (Å²) in [6.07, 6.45) is -0.324. The van der Waals surface area contributed by atoms with Gasteiger partial charge in [-0.2, -0.15) is 11.8 Å². The molecule has 0 aromatic carbocycles. The smallest absolute Gasteiger partial charge is 0.407 e. The molecule has 1 N–H and O–H groups in total. The highest BCUT2D eigenvalue weighted by atomic mass is 32.2. The number of ether oxygens (including phenoxy) is 1. The number of carbonyl (C=O) groups is 1. The second-order valence-electron chi connectivity index (χ2n) is 5.95. The van der Waals surface area contributed by atoms with E-state index in [4.69, 9.17) is 4.74 Å². The number of thioether (sulfide) groups is 1. The Labute approximate surface area is 115 Å². The van der Waals surface area contributed by atoms with Crippen LogP contribution in [0.15, 0.2) is 0 Å². The van der Waals surface area contributed by atoms with Crippen LogP contribution in [0.1, 0.15) is 34.6 Å². The zero-order valence-corrected chi connectivity index (χ0v) is 13.0. The minimum Gasteiger partial charge on any atom is -0.444 e. The summed E-state index contributed by atoms with van der Waals surface area (Å²) in [5.41, 5.74) is -0.422. The van der Waals surface area contributed by atoms with E-state index in [-0.39, 0.29) is 6.09 Å². The average Bonchev–Trinajstić information content (AvgIpc) is 2.12. The molecular weight excluding hydrogens is 248 g/mol. The van der Waals surface area contributed by atoms with Crippen molar-refractivity contribution in [2.24, 2.45) is 0 Å². The van der Waals surface area contributed by atoms with Gasteiger partial charge in [-0.15, -0.1) is 0 Å². The molecule has 0 spiro atoms. The fourth-order valence-corrected chi connectivity index (χ4v) is 3.48. The predicted octanol–water partition coefficient (Wildman–Crippen LogP) is 2.34. The quantitative estimate of drug-likeness (QED) is 0.857. The molecule has 1 rings (SSSR count). The normalized spacial score (nSPS) is 25.8. The molecule has 0 bridgehead atoms. The Morgan fingerprint density at radius 1 is 1.33 bits per heavy atom. The SMILES string of the molecule is C[C@H]1CN(CCNC(=O)OC(C)(C)C)C[C@H](C)S1. The third kappa shape index (κ3) is 6.50. The van der Waals surface area contributed by atoms with Crippen molar-refractivity contribution in [2.75, 3.05) is 26.2 Å². The first-order valence-corrected chi connectivity index (χ1v) is 7.55. The van der Waals surface area contributed by atoms with Crippen molar-refractivity contribution in [3.05, 3.63) is 0 Å². The lowest BCUT2D eigenvalue weighted by Gasteiger charge is -2.34. The van der Waals surface area contributed by atoms with Crippen LogP contribution in [-0.2, 0) is 4.74 Å². The number of hydrogen-bond donors (Lipinski definition) is 1. The average molecular weight is 274 g/mol. The van der Waals surface area contributed by atoms with Crippen molar-refractivity contribution >= 4 is 17.9 Å². The van der Waals surface area contributed by atoms with Crippen LogP contribution in [0.25, 0.3) is 0 Å². The van der Waals surface area contributed by atoms with Crippen molar-refractivity contribution in [1.29, 1.82) is 0 Å². The van der Waals surface area contributed by atoms with Crippen LogP contribution in [0.2, 0.25) is 0 Å². The highest BCUT2D eigenvalue weighted by Crippen LogP contribution is 2.24. The van der Waals surface area contributed by atoms with E-state index in [9.17, 15) is 4.79 Å². The van der Waals surface area contributed by atoms with Gasteiger partial charge in [-0.1, -0.05) is 13.8 Å². The summed E-state index contributed by atoms with van der Waals surface area (Å²) >= 11 is 2.04. The van der Waals surface area contributed by atoms with Gasteiger partial charge >= 0.3 is 6.09 Å². The minimum atomic E-state index is -0.422. The largest absolute Gasteiger partial charge is 0.444 e. The zero-order valence-electron chi connectivity index (χ0n) is 12.2. The molecule has 18 heavy (non-hydrogen) atoms. The van der Waals surface area contributed by atoms with Crippen LogP contribution >= 0.6 is 11.8 Å². The van der Waals surface area contributed by atoms with Crippen molar-refractivity contribution < 1.29 is 9.53 Å². The standard InChI is InChI=1S/C13H26N2O2S/c1-10-8-15(9-11(2)18-10)7-6-14-12(16)17-13(3,4)5/h10-11H,6-9H2,1-5H3,(H,14,16)/t10-,11-/m0/s1. The summed E-state index contributed by atoms with van der Waals surface area (Å²) in [4.78, 5) is 13.9. The number of amides is 1. The first kappa shape index (κ1) is 15.6. The first-order valence-electron chi connectivity index (χ1n) is 6.61. The molecule has 0 aromatic heterocycles. The third-order valence-electron chi connectivity index (χ3n) is 2.59. The van der Waals surface area contributed by atoms with Gasteiger partial charge in [0.1, 0.15) is 5.60 Å². The number of nitrogens with zero attached hydrogens (tertiary/aromatic N) is 1. The van der Waals surface area contributed by atoms with E-state index in [0.29, 0.717) is 17.0 Å².